The lowest BCUT2D eigenvalue weighted by atomic mass is 10.0. The number of benzene rings is 2. The minimum atomic E-state index is 0.557. The van der Waals surface area contributed by atoms with Crippen LogP contribution in [0.3, 0.4) is 0 Å². The van der Waals surface area contributed by atoms with E-state index in [0.717, 1.165) is 29.7 Å². The maximum absolute atomic E-state index is 5.95. The van der Waals surface area contributed by atoms with Crippen LogP contribution in [0.1, 0.15) is 32.3 Å². The first-order valence-corrected chi connectivity index (χ1v) is 7.95. The molecule has 110 valence electrons. The molecule has 0 aliphatic rings. The smallest absolute Gasteiger partial charge is 0.135 e. The van der Waals surface area contributed by atoms with Gasteiger partial charge in [0, 0.05) is 17.7 Å². The highest BCUT2D eigenvalue weighted by molar-refractivity contribution is 6.18. The Morgan fingerprint density at radius 2 is 1.95 bits per heavy atom. The standard InChI is InChI=1S/C19H21ClO/c1-15(2)12-14-21-19-11-10-16-7-3-4-8-17(16)18(19)9-5-6-13-20/h3-4,7-8,10-11,15H,6,12-14H2,1-2H3. The predicted octanol–water partition coefficient (Wildman–Crippen LogP) is 5.25. The van der Waals surface area contributed by atoms with Gasteiger partial charge in [-0.15, -0.1) is 11.6 Å². The summed E-state index contributed by atoms with van der Waals surface area (Å²) in [5.74, 6) is 8.42. The molecule has 0 saturated carbocycles. The maximum Gasteiger partial charge on any atom is 0.135 e. The van der Waals surface area contributed by atoms with Crippen molar-refractivity contribution in [1.29, 1.82) is 0 Å². The van der Waals surface area contributed by atoms with Crippen molar-refractivity contribution in [2.45, 2.75) is 26.7 Å². The Bertz CT molecular complexity index is 649. The fraction of sp³-hybridized carbons (Fsp3) is 0.368. The number of ether oxygens (including phenoxy) is 1. The van der Waals surface area contributed by atoms with Crippen LogP contribution in [0.5, 0.6) is 5.75 Å². The van der Waals surface area contributed by atoms with Crippen molar-refractivity contribution in [3.63, 3.8) is 0 Å². The highest BCUT2D eigenvalue weighted by atomic mass is 35.5. The summed E-state index contributed by atoms with van der Waals surface area (Å²) in [6.45, 7) is 5.12. The Morgan fingerprint density at radius 1 is 1.14 bits per heavy atom. The molecule has 21 heavy (non-hydrogen) atoms. The summed E-state index contributed by atoms with van der Waals surface area (Å²) < 4.78 is 5.95. The molecule has 1 nitrogen and oxygen atoms in total. The van der Waals surface area contributed by atoms with Crippen molar-refractivity contribution in [3.8, 4) is 17.6 Å². The van der Waals surface area contributed by atoms with Crippen molar-refractivity contribution in [1.82, 2.24) is 0 Å². The molecular weight excluding hydrogens is 280 g/mol. The van der Waals surface area contributed by atoms with Gasteiger partial charge in [0.25, 0.3) is 0 Å². The molecule has 0 aliphatic carbocycles. The number of hydrogen-bond acceptors (Lipinski definition) is 1. The molecule has 2 heteroatoms. The molecule has 0 saturated heterocycles. The molecule has 2 aromatic rings. The summed E-state index contributed by atoms with van der Waals surface area (Å²) in [5, 5.41) is 2.32. The first kappa shape index (κ1) is 15.7. The molecule has 0 fully saturated rings. The Labute approximate surface area is 132 Å². The van der Waals surface area contributed by atoms with E-state index in [-0.39, 0.29) is 0 Å². The van der Waals surface area contributed by atoms with E-state index in [2.05, 4.69) is 43.9 Å². The Kier molecular flexibility index (Phi) is 5.96. The van der Waals surface area contributed by atoms with E-state index >= 15 is 0 Å². The van der Waals surface area contributed by atoms with E-state index < -0.39 is 0 Å². The Balaban J connectivity index is 2.34. The van der Waals surface area contributed by atoms with Crippen LogP contribution < -0.4 is 4.74 Å². The number of rotatable bonds is 5. The fourth-order valence-corrected chi connectivity index (χ4v) is 2.20. The average Bonchev–Trinajstić information content (AvgIpc) is 2.48. The Hall–Kier alpha value is -1.65. The zero-order valence-electron chi connectivity index (χ0n) is 12.7. The number of halogens is 1. The van der Waals surface area contributed by atoms with E-state index in [1.54, 1.807) is 0 Å². The summed E-state index contributed by atoms with van der Waals surface area (Å²) in [5.41, 5.74) is 0.974. The highest BCUT2D eigenvalue weighted by Gasteiger charge is 2.07. The summed E-state index contributed by atoms with van der Waals surface area (Å²) in [4.78, 5) is 0. The van der Waals surface area contributed by atoms with Crippen LogP contribution in [0.2, 0.25) is 0 Å². The molecular formula is C19H21ClO. The van der Waals surface area contributed by atoms with Gasteiger partial charge in [0.1, 0.15) is 5.75 Å². The molecule has 2 rings (SSSR count). The zero-order valence-corrected chi connectivity index (χ0v) is 13.4. The van der Waals surface area contributed by atoms with E-state index in [4.69, 9.17) is 16.3 Å². The lowest BCUT2D eigenvalue weighted by Gasteiger charge is -2.12. The van der Waals surface area contributed by atoms with Crippen molar-refractivity contribution < 1.29 is 4.74 Å². The summed E-state index contributed by atoms with van der Waals surface area (Å²) in [6.07, 6.45) is 1.73. The summed E-state index contributed by atoms with van der Waals surface area (Å²) >= 11 is 5.71. The van der Waals surface area contributed by atoms with Gasteiger partial charge in [0.05, 0.1) is 12.2 Å². The minimum absolute atomic E-state index is 0.557. The Morgan fingerprint density at radius 3 is 2.71 bits per heavy atom. The van der Waals surface area contributed by atoms with Gasteiger partial charge in [0.15, 0.2) is 0 Å². The van der Waals surface area contributed by atoms with E-state index in [1.165, 1.54) is 5.39 Å². The third-order valence-corrected chi connectivity index (χ3v) is 3.47. The fourth-order valence-electron chi connectivity index (χ4n) is 2.10. The topological polar surface area (TPSA) is 9.23 Å². The van der Waals surface area contributed by atoms with Crippen LogP contribution in [0.4, 0.5) is 0 Å². The van der Waals surface area contributed by atoms with Gasteiger partial charge in [0.2, 0.25) is 0 Å². The van der Waals surface area contributed by atoms with E-state index in [0.29, 0.717) is 18.2 Å². The molecule has 0 aromatic heterocycles. The third kappa shape index (κ3) is 4.41. The van der Waals surface area contributed by atoms with Gasteiger partial charge in [-0.1, -0.05) is 56.0 Å². The molecule has 0 spiro atoms. The van der Waals surface area contributed by atoms with Crippen molar-refractivity contribution in [3.05, 3.63) is 42.0 Å². The number of hydrogen-bond donors (Lipinski definition) is 0. The second-order valence-corrected chi connectivity index (χ2v) is 5.81. The summed E-state index contributed by atoms with van der Waals surface area (Å²) in [7, 11) is 0. The highest BCUT2D eigenvalue weighted by Crippen LogP contribution is 2.27. The molecule has 0 atom stereocenters. The van der Waals surface area contributed by atoms with Crippen LogP contribution >= 0.6 is 11.6 Å². The van der Waals surface area contributed by atoms with Gasteiger partial charge >= 0.3 is 0 Å². The molecule has 0 amide bonds. The van der Waals surface area contributed by atoms with Gasteiger partial charge in [-0.3, -0.25) is 0 Å². The van der Waals surface area contributed by atoms with Gasteiger partial charge in [-0.2, -0.15) is 0 Å². The molecule has 0 bridgehead atoms. The summed E-state index contributed by atoms with van der Waals surface area (Å²) in [6, 6.07) is 12.4. The zero-order chi connectivity index (χ0) is 15.1. The van der Waals surface area contributed by atoms with Crippen molar-refractivity contribution in [2.24, 2.45) is 5.92 Å². The predicted molar refractivity (Wildman–Crippen MR) is 91.1 cm³/mol. The van der Waals surface area contributed by atoms with E-state index in [1.807, 2.05) is 18.2 Å². The molecule has 0 radical (unpaired) electrons. The molecule has 0 aliphatic heterocycles. The first-order chi connectivity index (χ1) is 10.2. The monoisotopic (exact) mass is 300 g/mol. The molecule has 0 heterocycles. The SMILES string of the molecule is CC(C)CCOc1ccc2ccccc2c1C#CCCCl. The molecule has 2 aromatic carbocycles. The average molecular weight is 301 g/mol. The third-order valence-electron chi connectivity index (χ3n) is 3.28. The van der Waals surface area contributed by atoms with Crippen LogP contribution in [-0.4, -0.2) is 12.5 Å². The normalized spacial score (nSPS) is 10.5. The largest absolute Gasteiger partial charge is 0.492 e. The van der Waals surface area contributed by atoms with Crippen molar-refractivity contribution in [2.75, 3.05) is 12.5 Å². The van der Waals surface area contributed by atoms with Crippen LogP contribution in [0.25, 0.3) is 10.8 Å². The number of fused-ring (bicyclic) bond motifs is 1. The number of alkyl halides is 1. The first-order valence-electron chi connectivity index (χ1n) is 7.41. The van der Waals surface area contributed by atoms with Crippen molar-refractivity contribution >= 4 is 22.4 Å². The second-order valence-electron chi connectivity index (χ2n) is 5.43. The van der Waals surface area contributed by atoms with Crippen LogP contribution in [0, 0.1) is 17.8 Å². The van der Waals surface area contributed by atoms with Gasteiger partial charge < -0.3 is 4.74 Å². The lowest BCUT2D eigenvalue weighted by Crippen LogP contribution is -2.02. The maximum atomic E-state index is 5.95. The lowest BCUT2D eigenvalue weighted by molar-refractivity contribution is 0.289. The molecule has 0 N–H and O–H groups in total. The van der Waals surface area contributed by atoms with Crippen LogP contribution in [0.15, 0.2) is 36.4 Å². The minimum Gasteiger partial charge on any atom is -0.492 e. The quantitative estimate of drug-likeness (QED) is 0.541. The molecule has 0 unspecified atom stereocenters. The van der Waals surface area contributed by atoms with Gasteiger partial charge in [-0.25, -0.2) is 0 Å². The second kappa shape index (κ2) is 7.96. The van der Waals surface area contributed by atoms with Crippen LogP contribution in [-0.2, 0) is 0 Å². The van der Waals surface area contributed by atoms with Gasteiger partial charge in [-0.05, 0) is 23.8 Å². The van der Waals surface area contributed by atoms with E-state index in [9.17, 15) is 0 Å².